The maximum absolute atomic E-state index is 16.0. The van der Waals surface area contributed by atoms with E-state index >= 15 is 4.79 Å². The summed E-state index contributed by atoms with van der Waals surface area (Å²) in [5, 5.41) is 175. The highest BCUT2D eigenvalue weighted by Gasteiger charge is 2.73. The van der Waals surface area contributed by atoms with E-state index in [1.54, 1.807) is 6.92 Å². The number of esters is 1. The third-order valence-electron chi connectivity index (χ3n) is 26.0. The Balaban J connectivity index is 0.866. The molecule has 11 rings (SSSR count). The largest absolute Gasteiger partial charge is 0.479 e. The van der Waals surface area contributed by atoms with Crippen molar-refractivity contribution in [2.45, 2.75) is 311 Å². The van der Waals surface area contributed by atoms with Gasteiger partial charge < -0.3 is 139 Å². The van der Waals surface area contributed by atoms with Crippen LogP contribution >= 0.6 is 0 Å². The van der Waals surface area contributed by atoms with Crippen LogP contribution in [0, 0.1) is 62.1 Å². The standard InChI is InChI=1S/C65H104O30/c1-24-34(69)38(73)44(79)55(86-24)92-49-35(70)25(2)87-58(52(49)94-56-46(81)42(77)47(26(3)88-56)91-54-43(78)36(71)30(68)22-85-54)95-59(84)65-18-16-60(4,5)20-29(65)27-10-11-33-61(6)14-12-28(62(7,23-67)32(61)13-15-64(33,9)63(27,8)17-19-65)48-50(40(75)41(76)51(90-48)53(82)83)93-57-45(80)39(74)37(72)31(21-66)89-57/h23-52,54-58,66,68-81H,10-22H2,1-9H3,(H,82,83)/t24-,25+,26-,27+,28+,29-,30+,31+,32+,33+,34-,35-,36-,37+,38+,39-,40-,41-,42-,43+,44+,45+,46+,47-,48-,49-,50+,51-,52+,54-,55-,56-,57-,58-,61-,62+,63+,64+,65-/m0/s1. The van der Waals surface area contributed by atoms with E-state index in [0.717, 1.165) is 6.29 Å². The molecule has 5 saturated carbocycles. The Kier molecular flexibility index (Phi) is 21.1. The second-order valence-corrected chi connectivity index (χ2v) is 31.6. The summed E-state index contributed by atoms with van der Waals surface area (Å²) in [5.41, 5.74) is -4.05. The first-order valence-electron chi connectivity index (χ1n) is 34.0. The fourth-order valence-corrected chi connectivity index (χ4v) is 20.2. The first-order valence-corrected chi connectivity index (χ1v) is 34.0. The van der Waals surface area contributed by atoms with Crippen molar-refractivity contribution in [1.29, 1.82) is 0 Å². The molecule has 39 atom stereocenters. The van der Waals surface area contributed by atoms with Crippen LogP contribution in [0.1, 0.15) is 133 Å². The molecule has 0 aromatic carbocycles. The van der Waals surface area contributed by atoms with Crippen molar-refractivity contribution in [2.75, 3.05) is 13.2 Å². The minimum Gasteiger partial charge on any atom is -0.479 e. The van der Waals surface area contributed by atoms with E-state index in [2.05, 4.69) is 34.6 Å². The lowest BCUT2D eigenvalue weighted by molar-refractivity contribution is -0.390. The molecule has 0 spiro atoms. The highest BCUT2D eigenvalue weighted by molar-refractivity contribution is 5.78. The van der Waals surface area contributed by atoms with Crippen LogP contribution in [0.2, 0.25) is 0 Å². The van der Waals surface area contributed by atoms with Gasteiger partial charge in [0, 0.05) is 11.3 Å². The smallest absolute Gasteiger partial charge is 0.335 e. The van der Waals surface area contributed by atoms with Gasteiger partial charge in [0.2, 0.25) is 6.29 Å². The van der Waals surface area contributed by atoms with Gasteiger partial charge in [-0.3, -0.25) is 4.79 Å². The number of aldehydes is 1. The Morgan fingerprint density at radius 3 is 1.68 bits per heavy atom. The molecular weight excluding hydrogens is 1260 g/mol. The third kappa shape index (κ3) is 12.3. The molecule has 0 aromatic heterocycles. The van der Waals surface area contributed by atoms with Crippen LogP contribution in [0.15, 0.2) is 0 Å². The first kappa shape index (κ1) is 73.8. The van der Waals surface area contributed by atoms with Gasteiger partial charge in [-0.25, -0.2) is 4.79 Å². The van der Waals surface area contributed by atoms with Gasteiger partial charge in [-0.2, -0.15) is 0 Å². The number of hydrogen-bond donors (Lipinski definition) is 16. The summed E-state index contributed by atoms with van der Waals surface area (Å²) in [6, 6.07) is 0. The molecule has 0 unspecified atom stereocenters. The van der Waals surface area contributed by atoms with Gasteiger partial charge in [-0.15, -0.1) is 0 Å². The molecule has 5 aliphatic carbocycles. The van der Waals surface area contributed by atoms with Crippen LogP contribution in [-0.2, 0) is 66.5 Å². The molecule has 16 N–H and O–H groups in total. The molecule has 544 valence electrons. The molecule has 11 fully saturated rings. The van der Waals surface area contributed by atoms with Crippen molar-refractivity contribution < 1.29 is 148 Å². The number of carbonyl (C=O) groups is 3. The molecule has 6 heterocycles. The molecule has 6 aliphatic heterocycles. The van der Waals surface area contributed by atoms with E-state index in [4.69, 9.17) is 52.1 Å². The zero-order valence-corrected chi connectivity index (χ0v) is 55.3. The van der Waals surface area contributed by atoms with Gasteiger partial charge in [-0.05, 0) is 137 Å². The van der Waals surface area contributed by atoms with Crippen LogP contribution < -0.4 is 0 Å². The van der Waals surface area contributed by atoms with Crippen molar-refractivity contribution in [2.24, 2.45) is 62.1 Å². The number of hydrogen-bond acceptors (Lipinski definition) is 29. The lowest BCUT2D eigenvalue weighted by atomic mass is 9.31. The topological polar surface area (TPSA) is 476 Å². The number of carboxylic acids is 1. The van der Waals surface area contributed by atoms with Crippen molar-refractivity contribution in [1.82, 2.24) is 0 Å². The second kappa shape index (κ2) is 27.1. The van der Waals surface area contributed by atoms with Crippen molar-refractivity contribution >= 4 is 18.2 Å². The summed E-state index contributed by atoms with van der Waals surface area (Å²) in [4.78, 5) is 42.9. The average Bonchev–Trinajstić information content (AvgIpc) is 0.674. The Labute approximate surface area is 550 Å². The second-order valence-electron chi connectivity index (χ2n) is 31.6. The highest BCUT2D eigenvalue weighted by atomic mass is 16.8. The SMILES string of the molecule is C[C@@H]1O[C@@H](O[C@H]2[C@@H](O)[C@@H](C)O[C@@H](OC(=O)[C@]34CCC(C)(C)C[C@H]3[C@H]3CC[C@@H]5[C@@]6(C)CC[C@H]([C@@H]7O[C@H](C(=O)O)[C@@H](O)[C@H](O)[C@H]7O[C@@H]7O[C@H](CO)[C@@H](O)[C@H](O)[C@H]7O)[C@@](C)(C=O)[C@@H]6CC[C@@]5(C)[C@]3(C)CC4)[C@@H]2O[C@@H]2O[C@@H](C)[C@H](O[C@@H]3OC[C@@H](O)[C@H](O)[C@H]3O)[C@@H](O)[C@H]2O)[C@H](O)[C@H](O)[C@H]1O. The zero-order valence-electron chi connectivity index (χ0n) is 55.3. The average molecular weight is 1370 g/mol. The van der Waals surface area contributed by atoms with E-state index in [9.17, 15) is 91.3 Å². The Hall–Kier alpha value is -2.39. The zero-order chi connectivity index (χ0) is 69.5. The number of carboxylic acid groups (broad SMARTS) is 1. The third-order valence-corrected chi connectivity index (χ3v) is 26.0. The number of carbonyl (C=O) groups excluding carboxylic acids is 2. The van der Waals surface area contributed by atoms with Gasteiger partial charge in [0.25, 0.3) is 0 Å². The molecule has 0 amide bonds. The predicted molar refractivity (Wildman–Crippen MR) is 317 cm³/mol. The van der Waals surface area contributed by atoms with Crippen molar-refractivity contribution in [3.63, 3.8) is 0 Å². The molecule has 0 radical (unpaired) electrons. The number of rotatable bonds is 14. The summed E-state index contributed by atoms with van der Waals surface area (Å²) in [7, 11) is 0. The van der Waals surface area contributed by atoms with Crippen LogP contribution in [0.5, 0.6) is 0 Å². The maximum atomic E-state index is 16.0. The van der Waals surface area contributed by atoms with Gasteiger partial charge in [0.15, 0.2) is 37.4 Å². The number of aliphatic hydroxyl groups excluding tert-OH is 15. The van der Waals surface area contributed by atoms with E-state index in [1.165, 1.54) is 20.8 Å². The first-order chi connectivity index (χ1) is 44.4. The van der Waals surface area contributed by atoms with E-state index in [0.29, 0.717) is 64.2 Å². The summed E-state index contributed by atoms with van der Waals surface area (Å²) in [5.74, 6) is -3.78. The lowest BCUT2D eigenvalue weighted by Crippen LogP contribution is -2.70. The number of ether oxygens (including phenoxy) is 11. The molecule has 30 nitrogen and oxygen atoms in total. The molecule has 95 heavy (non-hydrogen) atoms. The number of aliphatic carboxylic acids is 1. The van der Waals surface area contributed by atoms with Crippen molar-refractivity contribution in [3.05, 3.63) is 0 Å². The van der Waals surface area contributed by atoms with E-state index in [-0.39, 0.29) is 35.5 Å². The molecule has 30 heteroatoms. The quantitative estimate of drug-likeness (QED) is 0.0607. The summed E-state index contributed by atoms with van der Waals surface area (Å²) < 4.78 is 67.1. The van der Waals surface area contributed by atoms with E-state index in [1.807, 2.05) is 0 Å². The van der Waals surface area contributed by atoms with Gasteiger partial charge in [-0.1, -0.05) is 41.5 Å². The Morgan fingerprint density at radius 2 is 1.03 bits per heavy atom. The summed E-state index contributed by atoms with van der Waals surface area (Å²) in [6.07, 6.45) is -42.0. The predicted octanol–water partition coefficient (Wildman–Crippen LogP) is -3.04. The van der Waals surface area contributed by atoms with Crippen LogP contribution in [0.25, 0.3) is 0 Å². The number of fused-ring (bicyclic) bond motifs is 7. The van der Waals surface area contributed by atoms with Gasteiger partial charge in [0.05, 0.1) is 43.0 Å². The minimum absolute atomic E-state index is 0.00846. The lowest BCUT2D eigenvalue weighted by Gasteiger charge is -2.73. The molecule has 11 aliphatic rings. The summed E-state index contributed by atoms with van der Waals surface area (Å²) in [6.45, 7) is 16.1. The van der Waals surface area contributed by atoms with E-state index < -0.39 is 236 Å². The monoisotopic (exact) mass is 1360 g/mol. The Bertz CT molecular complexity index is 2710. The number of aliphatic hydroxyl groups is 15. The maximum Gasteiger partial charge on any atom is 0.335 e. The highest BCUT2D eigenvalue weighted by Crippen LogP contribution is 2.78. The Morgan fingerprint density at radius 1 is 0.474 bits per heavy atom. The van der Waals surface area contributed by atoms with Crippen molar-refractivity contribution in [3.8, 4) is 0 Å². The molecule has 0 aromatic rings. The van der Waals surface area contributed by atoms with Gasteiger partial charge >= 0.3 is 11.9 Å². The normalized spacial score (nSPS) is 56.3. The van der Waals surface area contributed by atoms with Crippen LogP contribution in [0.4, 0.5) is 0 Å². The van der Waals surface area contributed by atoms with Crippen LogP contribution in [0.3, 0.4) is 0 Å². The van der Waals surface area contributed by atoms with Crippen LogP contribution in [-0.4, -0.2) is 291 Å². The minimum atomic E-state index is -2.05. The summed E-state index contributed by atoms with van der Waals surface area (Å²) >= 11 is 0. The molecular formula is C65H104O30. The molecule has 0 bridgehead atoms. The van der Waals surface area contributed by atoms with Gasteiger partial charge in [0.1, 0.15) is 116 Å². The molecule has 6 saturated heterocycles. The fourth-order valence-electron chi connectivity index (χ4n) is 20.2. The fraction of sp³-hybridized carbons (Fsp3) is 0.954.